The standard InChI is InChI=1S/C24H38N2O4S/c1-19(22-9-7-10-23(17-22)30-18-21-11-12-21)26-31(28,29)16-6-4-5-13-24(3,20(2)25)14-8-15-27/h4-5,7,9-10,17,19,21,25-27H,6,8,11-16,18H2,1-3H3. The number of aliphatic hydroxyl groups excluding tert-OH is 1. The van der Waals surface area contributed by atoms with E-state index < -0.39 is 10.0 Å². The zero-order chi connectivity index (χ0) is 22.9. The van der Waals surface area contributed by atoms with Gasteiger partial charge in [0.2, 0.25) is 10.0 Å². The lowest BCUT2D eigenvalue weighted by molar-refractivity contribution is 0.262. The molecule has 0 saturated heterocycles. The molecule has 0 amide bonds. The maximum atomic E-state index is 12.5. The normalized spacial score (nSPS) is 17.4. The second-order valence-corrected chi connectivity index (χ2v) is 10.8. The van der Waals surface area contributed by atoms with Gasteiger partial charge in [-0.3, -0.25) is 0 Å². The Balaban J connectivity index is 1.82. The van der Waals surface area contributed by atoms with Crippen molar-refractivity contribution < 1.29 is 18.3 Å². The summed E-state index contributed by atoms with van der Waals surface area (Å²) < 4.78 is 33.5. The molecule has 0 aliphatic heterocycles. The molecule has 1 aromatic carbocycles. The molecular weight excluding hydrogens is 412 g/mol. The molecule has 6 nitrogen and oxygen atoms in total. The molecule has 2 unspecified atom stereocenters. The molecule has 31 heavy (non-hydrogen) atoms. The smallest absolute Gasteiger partial charge is 0.212 e. The van der Waals surface area contributed by atoms with E-state index in [-0.39, 0.29) is 23.8 Å². The van der Waals surface area contributed by atoms with Gasteiger partial charge >= 0.3 is 0 Å². The van der Waals surface area contributed by atoms with Gasteiger partial charge in [-0.1, -0.05) is 31.2 Å². The first kappa shape index (κ1) is 25.6. The van der Waals surface area contributed by atoms with Crippen molar-refractivity contribution in [3.8, 4) is 5.75 Å². The van der Waals surface area contributed by atoms with E-state index in [4.69, 9.17) is 15.3 Å². The summed E-state index contributed by atoms with van der Waals surface area (Å²) in [6, 6.07) is 7.28. The molecule has 174 valence electrons. The fourth-order valence-electron chi connectivity index (χ4n) is 3.36. The minimum Gasteiger partial charge on any atom is -0.493 e. The van der Waals surface area contributed by atoms with Gasteiger partial charge in [-0.05, 0) is 76.0 Å². The minimum atomic E-state index is -3.42. The Kier molecular flexibility index (Phi) is 9.72. The van der Waals surface area contributed by atoms with Crippen LogP contribution in [0.4, 0.5) is 0 Å². The van der Waals surface area contributed by atoms with Crippen molar-refractivity contribution >= 4 is 15.7 Å². The van der Waals surface area contributed by atoms with Crippen LogP contribution in [0, 0.1) is 16.7 Å². The van der Waals surface area contributed by atoms with Crippen LogP contribution < -0.4 is 9.46 Å². The van der Waals surface area contributed by atoms with E-state index in [9.17, 15) is 8.42 Å². The summed E-state index contributed by atoms with van der Waals surface area (Å²) in [6.07, 6.45) is 8.76. The van der Waals surface area contributed by atoms with Crippen LogP contribution in [0.2, 0.25) is 0 Å². The molecule has 1 aromatic rings. The maximum Gasteiger partial charge on any atom is 0.212 e. The number of rotatable bonds is 15. The van der Waals surface area contributed by atoms with Gasteiger partial charge in [0, 0.05) is 23.8 Å². The summed E-state index contributed by atoms with van der Waals surface area (Å²) in [6.45, 7) is 6.48. The van der Waals surface area contributed by atoms with Crippen molar-refractivity contribution in [2.45, 2.75) is 65.3 Å². The monoisotopic (exact) mass is 450 g/mol. The van der Waals surface area contributed by atoms with Gasteiger partial charge in [-0.15, -0.1) is 0 Å². The van der Waals surface area contributed by atoms with Crippen molar-refractivity contribution in [3.63, 3.8) is 0 Å². The van der Waals surface area contributed by atoms with Gasteiger partial charge in [0.05, 0.1) is 12.4 Å². The predicted molar refractivity (Wildman–Crippen MR) is 126 cm³/mol. The van der Waals surface area contributed by atoms with E-state index in [1.54, 1.807) is 6.92 Å². The van der Waals surface area contributed by atoms with Crippen LogP contribution in [0.3, 0.4) is 0 Å². The highest BCUT2D eigenvalue weighted by Gasteiger charge is 2.25. The third kappa shape index (κ3) is 9.13. The van der Waals surface area contributed by atoms with Gasteiger partial charge in [0.25, 0.3) is 0 Å². The second kappa shape index (κ2) is 11.8. The van der Waals surface area contributed by atoms with E-state index in [1.165, 1.54) is 12.8 Å². The molecular formula is C24H38N2O4S. The topological polar surface area (TPSA) is 99.5 Å². The molecule has 1 saturated carbocycles. The van der Waals surface area contributed by atoms with E-state index in [0.29, 0.717) is 30.9 Å². The minimum absolute atomic E-state index is 0.0165. The maximum absolute atomic E-state index is 12.5. The molecule has 1 fully saturated rings. The number of aliphatic hydroxyl groups is 1. The lowest BCUT2D eigenvalue weighted by Crippen LogP contribution is -2.29. The first-order valence-electron chi connectivity index (χ1n) is 11.2. The van der Waals surface area contributed by atoms with Crippen LogP contribution >= 0.6 is 0 Å². The molecule has 0 heterocycles. The molecule has 0 aromatic heterocycles. The number of sulfonamides is 1. The lowest BCUT2D eigenvalue weighted by Gasteiger charge is -2.27. The van der Waals surface area contributed by atoms with Crippen LogP contribution in [-0.2, 0) is 10.0 Å². The Bertz CT molecular complexity index is 849. The Morgan fingerprint density at radius 1 is 1.39 bits per heavy atom. The van der Waals surface area contributed by atoms with E-state index >= 15 is 0 Å². The molecule has 0 bridgehead atoms. The van der Waals surface area contributed by atoms with Crippen molar-refractivity contribution in [2.24, 2.45) is 11.3 Å². The molecule has 0 spiro atoms. The van der Waals surface area contributed by atoms with Gasteiger partial charge in [-0.2, -0.15) is 0 Å². The first-order chi connectivity index (χ1) is 14.6. The highest BCUT2D eigenvalue weighted by molar-refractivity contribution is 7.89. The molecule has 0 radical (unpaired) electrons. The van der Waals surface area contributed by atoms with Crippen LogP contribution in [0.5, 0.6) is 5.75 Å². The van der Waals surface area contributed by atoms with Crippen molar-refractivity contribution in [3.05, 3.63) is 42.0 Å². The summed E-state index contributed by atoms with van der Waals surface area (Å²) in [5.74, 6) is 1.47. The zero-order valence-corrected chi connectivity index (χ0v) is 19.9. The number of benzene rings is 1. The highest BCUT2D eigenvalue weighted by Crippen LogP contribution is 2.30. The number of nitrogens with one attached hydrogen (secondary N) is 2. The molecule has 3 N–H and O–H groups in total. The highest BCUT2D eigenvalue weighted by atomic mass is 32.2. The SMILES string of the molecule is CC(=N)C(C)(CC=CCCS(=O)(=O)NC(C)c1cccc(OCC2CC2)c1)CCCO. The largest absolute Gasteiger partial charge is 0.493 e. The Morgan fingerprint density at radius 3 is 2.77 bits per heavy atom. The predicted octanol–water partition coefficient (Wildman–Crippen LogP) is 4.61. The Labute approximate surface area is 187 Å². The quantitative estimate of drug-likeness (QED) is 0.268. The summed E-state index contributed by atoms with van der Waals surface area (Å²) >= 11 is 0. The third-order valence-electron chi connectivity index (χ3n) is 5.98. The summed E-state index contributed by atoms with van der Waals surface area (Å²) in [7, 11) is -3.42. The van der Waals surface area contributed by atoms with Crippen LogP contribution in [0.1, 0.15) is 70.9 Å². The molecule has 1 aliphatic carbocycles. The average Bonchev–Trinajstić information content (AvgIpc) is 3.54. The molecule has 1 aliphatic rings. The van der Waals surface area contributed by atoms with Crippen molar-refractivity contribution in [2.75, 3.05) is 19.0 Å². The van der Waals surface area contributed by atoms with Gasteiger partial charge in [-0.25, -0.2) is 13.1 Å². The van der Waals surface area contributed by atoms with Crippen LogP contribution in [0.25, 0.3) is 0 Å². The first-order valence-corrected chi connectivity index (χ1v) is 12.8. The van der Waals surface area contributed by atoms with Crippen LogP contribution in [0.15, 0.2) is 36.4 Å². The fourth-order valence-corrected chi connectivity index (χ4v) is 4.60. The summed E-state index contributed by atoms with van der Waals surface area (Å²) in [5, 5.41) is 17.1. The molecule has 2 atom stereocenters. The summed E-state index contributed by atoms with van der Waals surface area (Å²) in [4.78, 5) is 0. The molecule has 7 heteroatoms. The Morgan fingerprint density at radius 2 is 2.13 bits per heavy atom. The average molecular weight is 451 g/mol. The van der Waals surface area contributed by atoms with Crippen LogP contribution in [-0.4, -0.2) is 38.2 Å². The van der Waals surface area contributed by atoms with Gasteiger partial charge < -0.3 is 15.3 Å². The number of hydrogen-bond donors (Lipinski definition) is 3. The second-order valence-electron chi connectivity index (χ2n) is 8.96. The lowest BCUT2D eigenvalue weighted by atomic mass is 9.78. The number of allylic oxidation sites excluding steroid dienone is 2. The van der Waals surface area contributed by atoms with E-state index in [0.717, 1.165) is 24.3 Å². The van der Waals surface area contributed by atoms with Gasteiger partial charge in [0.15, 0.2) is 0 Å². The number of ether oxygens (including phenoxy) is 1. The van der Waals surface area contributed by atoms with Crippen molar-refractivity contribution in [1.82, 2.24) is 4.72 Å². The third-order valence-corrected chi connectivity index (χ3v) is 7.46. The van der Waals surface area contributed by atoms with Crippen molar-refractivity contribution in [1.29, 1.82) is 5.41 Å². The van der Waals surface area contributed by atoms with Gasteiger partial charge in [0.1, 0.15) is 5.75 Å². The molecule has 2 rings (SSSR count). The van der Waals surface area contributed by atoms with E-state index in [1.807, 2.05) is 50.3 Å². The Hall–Kier alpha value is -1.70. The van der Waals surface area contributed by atoms with E-state index in [2.05, 4.69) is 4.72 Å². The fraction of sp³-hybridized carbons (Fsp3) is 0.625. The zero-order valence-electron chi connectivity index (χ0n) is 19.1. The number of hydrogen-bond acceptors (Lipinski definition) is 5. The summed E-state index contributed by atoms with van der Waals surface area (Å²) in [5.41, 5.74) is 1.17.